The minimum atomic E-state index is -4.42. The molecule has 0 radical (unpaired) electrons. The Morgan fingerprint density at radius 1 is 0.517 bits per heavy atom. The minimum absolute atomic E-state index is 0.000559. The lowest BCUT2D eigenvalue weighted by Gasteiger charge is -2.24. The predicted molar refractivity (Wildman–Crippen MR) is 251 cm³/mol. The average Bonchev–Trinajstić information content (AvgIpc) is 3.20. The van der Waals surface area contributed by atoms with Gasteiger partial charge in [0.05, 0.1) is 27.7 Å². The Balaban J connectivity index is 4.62. The fourth-order valence-electron chi connectivity index (χ4n) is 4.84. The molecule has 0 fully saturated rings. The molecule has 0 saturated heterocycles. The van der Waals surface area contributed by atoms with Gasteiger partial charge in [-0.2, -0.15) is 0 Å². The largest absolute Gasteiger partial charge is 0.472 e. The second-order valence-electron chi connectivity index (χ2n) is 15.0. The highest BCUT2D eigenvalue weighted by molar-refractivity contribution is 7.47. The van der Waals surface area contributed by atoms with Crippen LogP contribution in [-0.4, -0.2) is 74.9 Å². The average molecular weight is 853 g/mol. The Morgan fingerprint density at radius 2 is 0.900 bits per heavy atom. The Labute approximate surface area is 364 Å². The third kappa shape index (κ3) is 43.7. The van der Waals surface area contributed by atoms with E-state index in [1.54, 1.807) is 0 Å². The lowest BCUT2D eigenvalue weighted by atomic mass is 10.2. The van der Waals surface area contributed by atoms with E-state index in [0.29, 0.717) is 23.9 Å². The number of allylic oxidation sites excluding steroid dienone is 22. The van der Waals surface area contributed by atoms with Crippen molar-refractivity contribution >= 4 is 19.8 Å². The van der Waals surface area contributed by atoms with Crippen molar-refractivity contribution in [1.82, 2.24) is 0 Å². The molecule has 10 heteroatoms. The summed E-state index contributed by atoms with van der Waals surface area (Å²) in [5, 5.41) is 0. The zero-order chi connectivity index (χ0) is 44.3. The molecular formula is C50H79NO8P+. The van der Waals surface area contributed by atoms with Gasteiger partial charge in [-0.25, -0.2) is 4.57 Å². The number of esters is 2. The second kappa shape index (κ2) is 40.6. The topological polar surface area (TPSA) is 108 Å². The fourth-order valence-corrected chi connectivity index (χ4v) is 5.58. The maximum Gasteiger partial charge on any atom is 0.472 e. The van der Waals surface area contributed by atoms with Gasteiger partial charge in [0.1, 0.15) is 19.8 Å². The van der Waals surface area contributed by atoms with Crippen molar-refractivity contribution in [2.45, 2.75) is 123 Å². The molecule has 0 amide bonds. The molecular weight excluding hydrogens is 774 g/mol. The van der Waals surface area contributed by atoms with Crippen molar-refractivity contribution < 1.29 is 42.1 Å². The van der Waals surface area contributed by atoms with Gasteiger partial charge in [-0.1, -0.05) is 148 Å². The molecule has 0 aliphatic rings. The summed E-state index contributed by atoms with van der Waals surface area (Å²) in [5.41, 5.74) is 0. The zero-order valence-corrected chi connectivity index (χ0v) is 38.5. The van der Waals surface area contributed by atoms with Crippen LogP contribution in [0.2, 0.25) is 0 Å². The van der Waals surface area contributed by atoms with Crippen molar-refractivity contribution in [3.05, 3.63) is 134 Å². The summed E-state index contributed by atoms with van der Waals surface area (Å²) in [6, 6.07) is 0. The fraction of sp³-hybridized carbons (Fsp3) is 0.520. The number of phosphoric ester groups is 1. The van der Waals surface area contributed by atoms with E-state index in [2.05, 4.69) is 129 Å². The van der Waals surface area contributed by atoms with E-state index in [1.807, 2.05) is 39.4 Å². The molecule has 0 aromatic rings. The van der Waals surface area contributed by atoms with Gasteiger partial charge in [0.2, 0.25) is 0 Å². The van der Waals surface area contributed by atoms with E-state index < -0.39 is 32.5 Å². The number of ether oxygens (including phenoxy) is 2. The van der Waals surface area contributed by atoms with E-state index >= 15 is 0 Å². The Bertz CT molecular complexity index is 1470. The molecule has 0 rings (SSSR count). The van der Waals surface area contributed by atoms with Crippen LogP contribution in [0.3, 0.4) is 0 Å². The van der Waals surface area contributed by atoms with Crippen LogP contribution in [0, 0.1) is 0 Å². The monoisotopic (exact) mass is 853 g/mol. The van der Waals surface area contributed by atoms with Crippen molar-refractivity contribution in [3.63, 3.8) is 0 Å². The standard InChI is InChI=1S/C50H78NO8P/c1-6-8-10-12-14-16-18-20-22-24-25-27-29-31-33-35-37-39-41-43-50(53)59-48(47-58-60(54,55)57-45-44-51(3,4)5)46-56-49(52)42-40-38-36-34-32-30-28-26-23-21-19-17-15-13-11-9-7-2/h8-11,14-17,20-23,25,27-28,30-31,33-34,36-37,39,48H,6-7,12-13,18-19,24,26,29,32,35,38,40-47H2,1-5H3/p+1/b10-8+,11-9+,16-14+,17-15+,22-20+,23-21+,27-25+,30-28+,33-31+,36-34+,39-37+/t48-/m1/s1. The third-order valence-electron chi connectivity index (χ3n) is 8.19. The first-order chi connectivity index (χ1) is 29.0. The molecule has 1 unspecified atom stereocenters. The summed E-state index contributed by atoms with van der Waals surface area (Å²) in [6.45, 7) is 4.00. The molecule has 0 aromatic heterocycles. The molecule has 1 N–H and O–H groups in total. The number of likely N-dealkylation sites (N-methyl/N-ethyl adjacent to an activating group) is 1. The highest BCUT2D eigenvalue weighted by atomic mass is 31.2. The summed E-state index contributed by atoms with van der Waals surface area (Å²) in [6.07, 6.45) is 58.1. The third-order valence-corrected chi connectivity index (χ3v) is 9.17. The van der Waals surface area contributed by atoms with Gasteiger partial charge in [-0.15, -0.1) is 0 Å². The molecule has 0 saturated carbocycles. The van der Waals surface area contributed by atoms with Gasteiger partial charge in [0, 0.05) is 12.8 Å². The van der Waals surface area contributed by atoms with E-state index in [4.69, 9.17) is 18.5 Å². The minimum Gasteiger partial charge on any atom is -0.462 e. The summed E-state index contributed by atoms with van der Waals surface area (Å²) >= 11 is 0. The summed E-state index contributed by atoms with van der Waals surface area (Å²) in [7, 11) is 1.37. The van der Waals surface area contributed by atoms with E-state index in [1.165, 1.54) is 0 Å². The van der Waals surface area contributed by atoms with Gasteiger partial charge in [-0.3, -0.25) is 18.6 Å². The predicted octanol–water partition coefficient (Wildman–Crippen LogP) is 12.7. The molecule has 0 bridgehead atoms. The normalized spacial score (nSPS) is 14.8. The Hall–Kier alpha value is -3.85. The molecule has 2 atom stereocenters. The van der Waals surface area contributed by atoms with Crippen LogP contribution in [0.4, 0.5) is 0 Å². The van der Waals surface area contributed by atoms with Crippen LogP contribution in [-0.2, 0) is 32.7 Å². The molecule has 0 heterocycles. The molecule has 0 aliphatic heterocycles. The van der Waals surface area contributed by atoms with Gasteiger partial charge < -0.3 is 18.9 Å². The van der Waals surface area contributed by atoms with Crippen molar-refractivity contribution in [2.75, 3.05) is 47.5 Å². The number of carbonyl (C=O) groups excluding carboxylic acids is 2. The van der Waals surface area contributed by atoms with Crippen LogP contribution in [0.15, 0.2) is 134 Å². The summed E-state index contributed by atoms with van der Waals surface area (Å²) in [5.74, 6) is -0.982. The number of carbonyl (C=O) groups is 2. The first kappa shape index (κ1) is 56.1. The van der Waals surface area contributed by atoms with Crippen LogP contribution >= 0.6 is 7.82 Å². The highest BCUT2D eigenvalue weighted by Crippen LogP contribution is 2.43. The summed E-state index contributed by atoms with van der Waals surface area (Å²) in [4.78, 5) is 35.3. The molecule has 0 spiro atoms. The molecule has 0 aliphatic carbocycles. The van der Waals surface area contributed by atoms with Gasteiger partial charge in [0.15, 0.2) is 6.10 Å². The smallest absolute Gasteiger partial charge is 0.462 e. The zero-order valence-electron chi connectivity index (χ0n) is 37.6. The van der Waals surface area contributed by atoms with E-state index in [0.717, 1.165) is 77.0 Å². The van der Waals surface area contributed by atoms with Crippen molar-refractivity contribution in [2.24, 2.45) is 0 Å². The Kier molecular flexibility index (Phi) is 37.9. The SMILES string of the molecule is CC/C=C/C/C=C/C/C=C/C/C=C/C/C=C/C/C=C/CCC(=O)O[C@H](COC(=O)CCC/C=C/C/C=C/C/C=C/C/C=C/C/C=C/CC)COP(=O)(O)OCC[N+](C)(C)C. The molecule has 0 aromatic carbocycles. The number of quaternary nitrogens is 1. The van der Waals surface area contributed by atoms with Crippen molar-refractivity contribution in [1.29, 1.82) is 0 Å². The second-order valence-corrected chi connectivity index (χ2v) is 16.4. The highest BCUT2D eigenvalue weighted by Gasteiger charge is 2.27. The van der Waals surface area contributed by atoms with Crippen LogP contribution in [0.1, 0.15) is 117 Å². The van der Waals surface area contributed by atoms with Crippen LogP contribution < -0.4 is 0 Å². The molecule has 60 heavy (non-hydrogen) atoms. The number of phosphoric acid groups is 1. The van der Waals surface area contributed by atoms with Gasteiger partial charge in [-0.05, 0) is 89.9 Å². The number of unbranched alkanes of at least 4 members (excludes halogenated alkanes) is 1. The number of rotatable bonds is 37. The quantitative estimate of drug-likeness (QED) is 0.0216. The Morgan fingerprint density at radius 3 is 1.30 bits per heavy atom. The molecule has 9 nitrogen and oxygen atoms in total. The maximum absolute atomic E-state index is 12.7. The molecule has 336 valence electrons. The lowest BCUT2D eigenvalue weighted by molar-refractivity contribution is -0.870. The first-order valence-electron chi connectivity index (χ1n) is 21.9. The van der Waals surface area contributed by atoms with E-state index in [9.17, 15) is 19.0 Å². The van der Waals surface area contributed by atoms with Crippen LogP contribution in [0.5, 0.6) is 0 Å². The van der Waals surface area contributed by atoms with Crippen LogP contribution in [0.25, 0.3) is 0 Å². The summed E-state index contributed by atoms with van der Waals surface area (Å²) < 4.78 is 34.1. The van der Waals surface area contributed by atoms with E-state index in [-0.39, 0.29) is 26.1 Å². The van der Waals surface area contributed by atoms with Gasteiger partial charge in [0.25, 0.3) is 0 Å². The number of hydrogen-bond acceptors (Lipinski definition) is 7. The first-order valence-corrected chi connectivity index (χ1v) is 23.4. The maximum atomic E-state index is 12.7. The number of hydrogen-bond donors (Lipinski definition) is 1. The number of nitrogens with zero attached hydrogens (tertiary/aromatic N) is 1. The van der Waals surface area contributed by atoms with Crippen molar-refractivity contribution in [3.8, 4) is 0 Å². The van der Waals surface area contributed by atoms with Gasteiger partial charge >= 0.3 is 19.8 Å². The lowest BCUT2D eigenvalue weighted by Crippen LogP contribution is -2.37.